The molecular formula is C10H20. The van der Waals surface area contributed by atoms with Crippen molar-refractivity contribution in [2.75, 3.05) is 0 Å². The van der Waals surface area contributed by atoms with Crippen molar-refractivity contribution in [2.45, 2.75) is 40.0 Å². The molecule has 1 atom stereocenters. The fourth-order valence-electron chi connectivity index (χ4n) is 0.943. The Morgan fingerprint density at radius 1 is 1.30 bits per heavy atom. The first kappa shape index (κ1) is 10.0. The van der Waals surface area contributed by atoms with Crippen LogP contribution in [0.3, 0.4) is 0 Å². The topological polar surface area (TPSA) is 0 Å². The van der Waals surface area contributed by atoms with E-state index in [2.05, 4.69) is 34.6 Å². The van der Waals surface area contributed by atoms with Gasteiger partial charge in [0, 0.05) is 0 Å². The lowest BCUT2D eigenvalue weighted by atomic mass is 9.76. The van der Waals surface area contributed by atoms with Crippen LogP contribution < -0.4 is 0 Å². The minimum absolute atomic E-state index is 0.400. The van der Waals surface area contributed by atoms with Gasteiger partial charge in [0.1, 0.15) is 0 Å². The zero-order valence-corrected chi connectivity index (χ0v) is 7.61. The summed E-state index contributed by atoms with van der Waals surface area (Å²) in [6.45, 7) is 14.6. The van der Waals surface area contributed by atoms with Gasteiger partial charge in [-0.3, -0.25) is 0 Å². The summed E-state index contributed by atoms with van der Waals surface area (Å²) in [6.07, 6.45) is 3.29. The van der Waals surface area contributed by atoms with Gasteiger partial charge in [0.25, 0.3) is 0 Å². The normalized spacial score (nSPS) is 15.3. The molecule has 0 heterocycles. The number of hydrogen-bond donors (Lipinski definition) is 0. The maximum atomic E-state index is 3.94. The van der Waals surface area contributed by atoms with Crippen molar-refractivity contribution in [2.24, 2.45) is 11.3 Å². The molecule has 60 valence electrons. The van der Waals surface area contributed by atoms with Crippen LogP contribution in [0.15, 0.2) is 0 Å². The summed E-state index contributed by atoms with van der Waals surface area (Å²) in [4.78, 5) is 0. The standard InChI is InChI=1S/C10H20/c1-6-8-9(3)10(4,5)7-2/h9H,1-2,6-8H2,3-5H3. The molecule has 0 fully saturated rings. The first-order chi connectivity index (χ1) is 4.54. The van der Waals surface area contributed by atoms with E-state index in [9.17, 15) is 0 Å². The lowest BCUT2D eigenvalue weighted by molar-refractivity contribution is 0.221. The minimum atomic E-state index is 0.400. The molecule has 0 bridgehead atoms. The summed E-state index contributed by atoms with van der Waals surface area (Å²) in [7, 11) is 0. The molecule has 0 N–H and O–H groups in total. The van der Waals surface area contributed by atoms with Crippen molar-refractivity contribution < 1.29 is 0 Å². The summed E-state index contributed by atoms with van der Waals surface area (Å²) < 4.78 is 0. The van der Waals surface area contributed by atoms with Crippen LogP contribution in [0.2, 0.25) is 0 Å². The molecular weight excluding hydrogens is 120 g/mol. The molecule has 0 saturated heterocycles. The lowest BCUT2D eigenvalue weighted by Crippen LogP contribution is -2.20. The van der Waals surface area contributed by atoms with E-state index in [-0.39, 0.29) is 0 Å². The van der Waals surface area contributed by atoms with Crippen molar-refractivity contribution in [1.82, 2.24) is 0 Å². The van der Waals surface area contributed by atoms with Crippen LogP contribution in [0.5, 0.6) is 0 Å². The quantitative estimate of drug-likeness (QED) is 0.560. The Hall–Kier alpha value is 0. The second kappa shape index (κ2) is 4.00. The summed E-state index contributed by atoms with van der Waals surface area (Å²) >= 11 is 0. The first-order valence-corrected chi connectivity index (χ1v) is 4.13. The van der Waals surface area contributed by atoms with Crippen LogP contribution in [0, 0.1) is 25.2 Å². The Morgan fingerprint density at radius 2 is 1.80 bits per heavy atom. The Kier molecular flexibility index (Phi) is 4.00. The zero-order valence-electron chi connectivity index (χ0n) is 7.61. The van der Waals surface area contributed by atoms with Crippen LogP contribution in [0.4, 0.5) is 0 Å². The maximum absolute atomic E-state index is 3.94. The molecule has 0 aliphatic heterocycles. The van der Waals surface area contributed by atoms with Gasteiger partial charge in [0.15, 0.2) is 0 Å². The smallest absolute Gasteiger partial charge is 0.0329 e. The largest absolute Gasteiger partial charge is 0.0620 e. The fraction of sp³-hybridized carbons (Fsp3) is 0.800. The van der Waals surface area contributed by atoms with Gasteiger partial charge in [-0.1, -0.05) is 47.5 Å². The highest BCUT2D eigenvalue weighted by Crippen LogP contribution is 2.32. The van der Waals surface area contributed by atoms with Gasteiger partial charge in [-0.2, -0.15) is 0 Å². The van der Waals surface area contributed by atoms with Crippen molar-refractivity contribution in [3.63, 3.8) is 0 Å². The number of rotatable bonds is 4. The molecule has 0 saturated carbocycles. The Bertz CT molecular complexity index is 82.0. The third-order valence-electron chi connectivity index (χ3n) is 2.62. The predicted molar refractivity (Wildman–Crippen MR) is 47.5 cm³/mol. The molecule has 2 radical (unpaired) electrons. The van der Waals surface area contributed by atoms with Gasteiger partial charge in [0.2, 0.25) is 0 Å². The van der Waals surface area contributed by atoms with Gasteiger partial charge >= 0.3 is 0 Å². The average molecular weight is 140 g/mol. The third-order valence-corrected chi connectivity index (χ3v) is 2.62. The monoisotopic (exact) mass is 140 g/mol. The van der Waals surface area contributed by atoms with Gasteiger partial charge < -0.3 is 0 Å². The SMILES string of the molecule is [CH2]CCC(C)C(C)(C)C[CH2]. The highest BCUT2D eigenvalue weighted by Gasteiger charge is 2.22. The molecule has 0 heteroatoms. The van der Waals surface area contributed by atoms with Gasteiger partial charge in [0.05, 0.1) is 0 Å². The van der Waals surface area contributed by atoms with Gasteiger partial charge in [-0.25, -0.2) is 0 Å². The molecule has 0 rings (SSSR count). The minimum Gasteiger partial charge on any atom is -0.0620 e. The summed E-state index contributed by atoms with van der Waals surface area (Å²) in [6, 6.07) is 0. The molecule has 0 aromatic carbocycles. The van der Waals surface area contributed by atoms with E-state index >= 15 is 0 Å². The van der Waals surface area contributed by atoms with E-state index in [1.807, 2.05) is 0 Å². The molecule has 1 unspecified atom stereocenters. The van der Waals surface area contributed by atoms with Crippen LogP contribution in [0.25, 0.3) is 0 Å². The van der Waals surface area contributed by atoms with Crippen molar-refractivity contribution in [3.8, 4) is 0 Å². The molecule has 0 aliphatic carbocycles. The fourth-order valence-corrected chi connectivity index (χ4v) is 0.943. The van der Waals surface area contributed by atoms with Crippen LogP contribution >= 0.6 is 0 Å². The van der Waals surface area contributed by atoms with Gasteiger partial charge in [-0.15, -0.1) is 0 Å². The molecule has 0 nitrogen and oxygen atoms in total. The second-order valence-electron chi connectivity index (χ2n) is 3.78. The van der Waals surface area contributed by atoms with Crippen LogP contribution in [0.1, 0.15) is 40.0 Å². The summed E-state index contributed by atoms with van der Waals surface area (Å²) in [5.74, 6) is 0.752. The van der Waals surface area contributed by atoms with Crippen molar-refractivity contribution >= 4 is 0 Å². The van der Waals surface area contributed by atoms with E-state index in [1.54, 1.807) is 0 Å². The second-order valence-corrected chi connectivity index (χ2v) is 3.78. The van der Waals surface area contributed by atoms with E-state index < -0.39 is 0 Å². The molecule has 0 aromatic heterocycles. The molecule has 10 heavy (non-hydrogen) atoms. The number of hydrogen-bond acceptors (Lipinski definition) is 0. The lowest BCUT2D eigenvalue weighted by Gasteiger charge is -2.30. The summed E-state index contributed by atoms with van der Waals surface area (Å²) in [5, 5.41) is 0. The van der Waals surface area contributed by atoms with E-state index in [0.29, 0.717) is 5.41 Å². The van der Waals surface area contributed by atoms with E-state index in [4.69, 9.17) is 0 Å². The predicted octanol–water partition coefficient (Wildman–Crippen LogP) is 3.49. The van der Waals surface area contributed by atoms with Crippen molar-refractivity contribution in [3.05, 3.63) is 13.8 Å². The van der Waals surface area contributed by atoms with Crippen LogP contribution in [-0.4, -0.2) is 0 Å². The van der Waals surface area contributed by atoms with Gasteiger partial charge in [-0.05, 0) is 17.8 Å². The maximum Gasteiger partial charge on any atom is -0.0329 e. The Balaban J connectivity index is 3.78. The molecule has 0 aliphatic rings. The summed E-state index contributed by atoms with van der Waals surface area (Å²) in [5.41, 5.74) is 0.400. The zero-order chi connectivity index (χ0) is 8.20. The Morgan fingerprint density at radius 3 is 2.10 bits per heavy atom. The molecule has 0 spiro atoms. The first-order valence-electron chi connectivity index (χ1n) is 4.13. The molecule has 0 amide bonds. The van der Waals surface area contributed by atoms with E-state index in [0.717, 1.165) is 18.8 Å². The van der Waals surface area contributed by atoms with Crippen molar-refractivity contribution in [1.29, 1.82) is 0 Å². The Labute approximate surface area is 66.0 Å². The third kappa shape index (κ3) is 2.72. The highest BCUT2D eigenvalue weighted by molar-refractivity contribution is 4.76. The highest BCUT2D eigenvalue weighted by atomic mass is 14.3. The molecule has 0 aromatic rings. The van der Waals surface area contributed by atoms with E-state index in [1.165, 1.54) is 6.42 Å². The van der Waals surface area contributed by atoms with Crippen LogP contribution in [-0.2, 0) is 0 Å². The average Bonchev–Trinajstić information content (AvgIpc) is 1.89.